The highest BCUT2D eigenvalue weighted by Crippen LogP contribution is 2.37. The first-order chi connectivity index (χ1) is 31.3. The summed E-state index contributed by atoms with van der Waals surface area (Å²) in [6, 6.07) is 37.6. The first-order valence-corrected chi connectivity index (χ1v) is 23.9. The van der Waals surface area contributed by atoms with E-state index < -0.39 is 5.60 Å². The van der Waals surface area contributed by atoms with Gasteiger partial charge in [-0.05, 0) is 116 Å². The zero-order valence-electron chi connectivity index (χ0n) is 37.3. The molecule has 0 radical (unpaired) electrons. The van der Waals surface area contributed by atoms with E-state index in [-0.39, 0.29) is 36.0 Å². The van der Waals surface area contributed by atoms with Gasteiger partial charge in [-0.1, -0.05) is 116 Å². The van der Waals surface area contributed by atoms with Crippen molar-refractivity contribution in [2.75, 3.05) is 39.3 Å². The molecule has 9 heteroatoms. The fraction of sp³-hybridized carbons (Fsp3) is 0.418. The van der Waals surface area contributed by atoms with E-state index in [0.717, 1.165) is 117 Å². The van der Waals surface area contributed by atoms with Gasteiger partial charge in [-0.15, -0.1) is 0 Å². The third kappa shape index (κ3) is 8.82. The fourth-order valence-electron chi connectivity index (χ4n) is 11.2. The normalized spacial score (nSPS) is 23.7. The van der Waals surface area contributed by atoms with E-state index in [0.29, 0.717) is 25.9 Å². The van der Waals surface area contributed by atoms with Gasteiger partial charge in [0.1, 0.15) is 12.1 Å². The first-order valence-electron chi connectivity index (χ1n) is 23.9. The molecule has 4 fully saturated rings. The highest BCUT2D eigenvalue weighted by atomic mass is 16.3. The summed E-state index contributed by atoms with van der Waals surface area (Å²) in [7, 11) is 0. The second-order valence-electron chi connectivity index (χ2n) is 19.2. The van der Waals surface area contributed by atoms with Crippen LogP contribution in [0.25, 0.3) is 22.3 Å². The van der Waals surface area contributed by atoms with Gasteiger partial charge in [-0.25, -0.2) is 0 Å². The van der Waals surface area contributed by atoms with E-state index in [9.17, 15) is 14.7 Å². The molecule has 1 N–H and O–H groups in total. The molecule has 4 aromatic carbocycles. The van der Waals surface area contributed by atoms with E-state index in [4.69, 9.17) is 9.98 Å². The lowest BCUT2D eigenvalue weighted by Gasteiger charge is -2.41. The third-order valence-corrected chi connectivity index (χ3v) is 14.9. The molecule has 4 saturated heterocycles. The van der Waals surface area contributed by atoms with E-state index in [1.807, 2.05) is 43.6 Å². The lowest BCUT2D eigenvalue weighted by molar-refractivity contribution is -0.139. The zero-order chi connectivity index (χ0) is 43.6. The Hall–Kier alpha value is -5.48. The number of likely N-dealkylation sites (tertiary alicyclic amines) is 4. The highest BCUT2D eigenvalue weighted by molar-refractivity contribution is 6.05. The van der Waals surface area contributed by atoms with Gasteiger partial charge < -0.3 is 14.9 Å². The number of aliphatic imine (C=N–C) groups is 2. The summed E-state index contributed by atoms with van der Waals surface area (Å²) in [5.41, 5.74) is 10.6. The van der Waals surface area contributed by atoms with E-state index in [1.54, 1.807) is 0 Å². The maximum atomic E-state index is 14.5. The van der Waals surface area contributed by atoms with E-state index in [2.05, 4.69) is 105 Å². The minimum atomic E-state index is -0.682. The molecule has 0 aromatic heterocycles. The average Bonchev–Trinajstić information content (AvgIpc) is 4.19. The molecule has 6 aliphatic heterocycles. The Balaban J connectivity index is 0.756. The number of benzene rings is 4. The Morgan fingerprint density at radius 1 is 0.531 bits per heavy atom. The standard InChI is InChI=1S/C55H62N6O3/c1-55(64)27-33-59(34-28-55)52(44-15-7-3-8-16-44)54(63)61-32-12-18-50(61)48-36-46(38-57-48)42-25-21-40(22-26-42)39-19-23-41(24-20-39)45-35-47(56-37-45)49-17-11-31-60(49)53(62)51(43-13-5-2-6-14-43)58-29-9-4-10-30-58/h2-3,5-8,13-16,19-26,37-38,49-52,64H,4,9-12,17-18,27-36H2,1H3/t49-,50-,51+,52+/m0/s1. The number of carbonyl (C=O) groups excluding carboxylic acids is 2. The molecule has 0 aliphatic carbocycles. The maximum Gasteiger partial charge on any atom is 0.245 e. The lowest BCUT2D eigenvalue weighted by Crippen LogP contribution is -2.51. The largest absolute Gasteiger partial charge is 0.390 e. The van der Waals surface area contributed by atoms with Crippen molar-refractivity contribution < 1.29 is 14.7 Å². The van der Waals surface area contributed by atoms with Crippen LogP contribution in [0.3, 0.4) is 0 Å². The topological polar surface area (TPSA) is 92.0 Å². The van der Waals surface area contributed by atoms with Crippen molar-refractivity contribution in [2.45, 2.75) is 107 Å². The molecular formula is C55H62N6O3. The van der Waals surface area contributed by atoms with Crippen LogP contribution in [0.1, 0.15) is 112 Å². The van der Waals surface area contributed by atoms with Crippen LogP contribution in [0.15, 0.2) is 132 Å². The maximum absolute atomic E-state index is 14.5. The van der Waals surface area contributed by atoms with Crippen LogP contribution in [0, 0.1) is 0 Å². The molecule has 2 amide bonds. The predicted octanol–water partition coefficient (Wildman–Crippen LogP) is 9.52. The summed E-state index contributed by atoms with van der Waals surface area (Å²) in [6.07, 6.45) is 14.2. The van der Waals surface area contributed by atoms with Gasteiger partial charge in [0, 0.05) is 62.8 Å². The van der Waals surface area contributed by atoms with Gasteiger partial charge in [-0.3, -0.25) is 29.4 Å². The van der Waals surface area contributed by atoms with Crippen LogP contribution < -0.4 is 0 Å². The van der Waals surface area contributed by atoms with Gasteiger partial charge in [0.15, 0.2) is 0 Å². The number of hydrogen-bond acceptors (Lipinski definition) is 7. The third-order valence-electron chi connectivity index (χ3n) is 14.9. The van der Waals surface area contributed by atoms with Crippen LogP contribution in [-0.4, -0.2) is 105 Å². The van der Waals surface area contributed by atoms with Crippen molar-refractivity contribution in [3.8, 4) is 11.1 Å². The van der Waals surface area contributed by atoms with Crippen molar-refractivity contribution in [3.63, 3.8) is 0 Å². The van der Waals surface area contributed by atoms with Gasteiger partial charge in [0.2, 0.25) is 11.8 Å². The van der Waals surface area contributed by atoms with Crippen molar-refractivity contribution in [1.82, 2.24) is 19.6 Å². The summed E-state index contributed by atoms with van der Waals surface area (Å²) >= 11 is 0. The van der Waals surface area contributed by atoms with Gasteiger partial charge in [0.25, 0.3) is 0 Å². The molecule has 4 atom stereocenters. The molecule has 10 rings (SSSR count). The van der Waals surface area contributed by atoms with Crippen molar-refractivity contribution >= 4 is 34.4 Å². The molecule has 6 aliphatic rings. The summed E-state index contributed by atoms with van der Waals surface area (Å²) in [5, 5.41) is 10.7. The van der Waals surface area contributed by atoms with Crippen molar-refractivity contribution in [3.05, 3.63) is 144 Å². The van der Waals surface area contributed by atoms with Crippen LogP contribution in [0.4, 0.5) is 0 Å². The minimum absolute atomic E-state index is 0.00867. The van der Waals surface area contributed by atoms with Crippen molar-refractivity contribution in [2.24, 2.45) is 9.98 Å². The van der Waals surface area contributed by atoms with Crippen LogP contribution in [0.2, 0.25) is 0 Å². The molecule has 64 heavy (non-hydrogen) atoms. The van der Waals surface area contributed by atoms with E-state index >= 15 is 0 Å². The van der Waals surface area contributed by atoms with Crippen LogP contribution in [-0.2, 0) is 9.59 Å². The van der Waals surface area contributed by atoms with Crippen LogP contribution >= 0.6 is 0 Å². The smallest absolute Gasteiger partial charge is 0.245 e. The Kier molecular flexibility index (Phi) is 12.3. The Bertz CT molecular complexity index is 2420. The molecule has 0 spiro atoms. The molecule has 0 bridgehead atoms. The van der Waals surface area contributed by atoms with Gasteiger partial charge in [0.05, 0.1) is 17.7 Å². The average molecular weight is 855 g/mol. The summed E-state index contributed by atoms with van der Waals surface area (Å²) in [5.74, 6) is 0.372. The number of carbonyl (C=O) groups is 2. The lowest BCUT2D eigenvalue weighted by atomic mass is 9.91. The number of rotatable bonds is 11. The number of hydrogen-bond donors (Lipinski definition) is 1. The summed E-state index contributed by atoms with van der Waals surface area (Å²) < 4.78 is 0. The number of amides is 2. The fourth-order valence-corrected chi connectivity index (χ4v) is 11.2. The number of nitrogens with zero attached hydrogens (tertiary/aromatic N) is 6. The molecule has 4 aromatic rings. The summed E-state index contributed by atoms with van der Waals surface area (Å²) in [6.45, 7) is 6.75. The predicted molar refractivity (Wildman–Crippen MR) is 257 cm³/mol. The van der Waals surface area contributed by atoms with Crippen LogP contribution in [0.5, 0.6) is 0 Å². The number of piperidine rings is 2. The summed E-state index contributed by atoms with van der Waals surface area (Å²) in [4.78, 5) is 47.8. The monoisotopic (exact) mass is 854 g/mol. The van der Waals surface area contributed by atoms with E-state index in [1.165, 1.54) is 23.1 Å². The molecule has 6 heterocycles. The molecule has 9 nitrogen and oxygen atoms in total. The second kappa shape index (κ2) is 18.6. The number of aliphatic hydroxyl groups is 1. The number of allylic oxidation sites excluding steroid dienone is 2. The molecule has 0 saturated carbocycles. The molecular weight excluding hydrogens is 793 g/mol. The Morgan fingerprint density at radius 3 is 1.38 bits per heavy atom. The molecule has 0 unspecified atom stereocenters. The quantitative estimate of drug-likeness (QED) is 0.162. The Labute approximate surface area is 378 Å². The second-order valence-corrected chi connectivity index (χ2v) is 19.2. The zero-order valence-corrected chi connectivity index (χ0v) is 37.3. The first kappa shape index (κ1) is 42.5. The molecule has 330 valence electrons. The van der Waals surface area contributed by atoms with Gasteiger partial charge in [-0.2, -0.15) is 0 Å². The van der Waals surface area contributed by atoms with Crippen molar-refractivity contribution in [1.29, 1.82) is 0 Å². The SMILES string of the molecule is CC1(O)CCN([C@@H](C(=O)N2CCC[C@H]2C2=NC=C(c3ccc(-c4ccc(C5=CN=C([C@@H]6CCCN6C(=O)[C@@H](c6ccccc6)N6CCCCC6)C5)cc4)cc3)C2)c2ccccc2)CC1. The van der Waals surface area contributed by atoms with Gasteiger partial charge >= 0.3 is 0 Å². The highest BCUT2D eigenvalue weighted by Gasteiger charge is 2.42. The minimum Gasteiger partial charge on any atom is -0.390 e. The Morgan fingerprint density at radius 2 is 0.938 bits per heavy atom.